The summed E-state index contributed by atoms with van der Waals surface area (Å²) in [5.41, 5.74) is 2.52. The van der Waals surface area contributed by atoms with Crippen LogP contribution in [-0.2, 0) is 19.0 Å². The van der Waals surface area contributed by atoms with Crippen LogP contribution in [0.3, 0.4) is 0 Å². The first-order valence-corrected chi connectivity index (χ1v) is 9.60. The van der Waals surface area contributed by atoms with E-state index < -0.39 is 18.0 Å². The van der Waals surface area contributed by atoms with E-state index in [9.17, 15) is 14.7 Å². The van der Waals surface area contributed by atoms with E-state index in [0.717, 1.165) is 10.5 Å². The van der Waals surface area contributed by atoms with Crippen LogP contribution in [0.4, 0.5) is 4.79 Å². The zero-order valence-electron chi connectivity index (χ0n) is 15.1. The Morgan fingerprint density at radius 1 is 1.41 bits per heavy atom. The van der Waals surface area contributed by atoms with Crippen molar-refractivity contribution in [1.82, 2.24) is 5.32 Å². The van der Waals surface area contributed by atoms with Crippen molar-refractivity contribution in [2.45, 2.75) is 24.7 Å². The monoisotopic (exact) mass is 391 g/mol. The van der Waals surface area contributed by atoms with Crippen molar-refractivity contribution in [3.8, 4) is 0 Å². The first-order chi connectivity index (χ1) is 13.1. The lowest BCUT2D eigenvalue weighted by Gasteiger charge is -2.28. The predicted molar refractivity (Wildman–Crippen MR) is 98.9 cm³/mol. The number of cyclic esters (lactones) is 1. The highest BCUT2D eigenvalue weighted by molar-refractivity contribution is 7.99. The molecule has 0 bridgehead atoms. The average molecular weight is 391 g/mol. The van der Waals surface area contributed by atoms with Gasteiger partial charge in [-0.15, -0.1) is 11.8 Å². The lowest BCUT2D eigenvalue weighted by atomic mass is 9.85. The van der Waals surface area contributed by atoms with Crippen molar-refractivity contribution in [3.05, 3.63) is 52.6 Å². The van der Waals surface area contributed by atoms with Gasteiger partial charge in [0, 0.05) is 10.6 Å². The van der Waals surface area contributed by atoms with Gasteiger partial charge in [-0.25, -0.2) is 9.59 Å². The molecule has 2 aliphatic rings. The van der Waals surface area contributed by atoms with E-state index in [2.05, 4.69) is 5.32 Å². The molecule has 3 rings (SSSR count). The van der Waals surface area contributed by atoms with E-state index >= 15 is 0 Å². The van der Waals surface area contributed by atoms with Crippen molar-refractivity contribution in [3.63, 3.8) is 0 Å². The van der Waals surface area contributed by atoms with E-state index in [1.165, 1.54) is 11.8 Å². The highest BCUT2D eigenvalue weighted by Gasteiger charge is 2.41. The number of carbonyl (C=O) groups is 2. The minimum atomic E-state index is -0.824. The van der Waals surface area contributed by atoms with E-state index in [1.807, 2.05) is 24.3 Å². The largest absolute Gasteiger partial charge is 0.513 e. The molecule has 0 spiro atoms. The Morgan fingerprint density at radius 2 is 2.19 bits per heavy atom. The maximum atomic E-state index is 12.4. The van der Waals surface area contributed by atoms with Crippen LogP contribution in [0, 0.1) is 0 Å². The van der Waals surface area contributed by atoms with Gasteiger partial charge in [-0.2, -0.15) is 0 Å². The Bertz CT molecular complexity index is 816. The van der Waals surface area contributed by atoms with Gasteiger partial charge in [-0.1, -0.05) is 18.2 Å². The smallest absolute Gasteiger partial charge is 0.456 e. The fraction of sp³-hybridized carbons (Fsp3) is 0.368. The van der Waals surface area contributed by atoms with E-state index in [1.54, 1.807) is 13.8 Å². The number of dihydropyridines is 1. The van der Waals surface area contributed by atoms with Crippen LogP contribution in [0.25, 0.3) is 0 Å². The normalized spacial score (nSPS) is 18.8. The molecule has 0 amide bonds. The number of rotatable bonds is 6. The van der Waals surface area contributed by atoms with Crippen molar-refractivity contribution in [1.29, 1.82) is 0 Å². The average Bonchev–Trinajstić information content (AvgIpc) is 3.01. The number of aliphatic hydroxyl groups excluding tert-OH is 1. The number of hydrogen-bond donors (Lipinski definition) is 2. The Morgan fingerprint density at radius 3 is 2.93 bits per heavy atom. The molecule has 2 heterocycles. The molecule has 1 atom stereocenters. The summed E-state index contributed by atoms with van der Waals surface area (Å²) in [6.45, 7) is 3.83. The van der Waals surface area contributed by atoms with Crippen molar-refractivity contribution in [2.75, 3.05) is 25.6 Å². The number of esters is 1. The molecule has 1 unspecified atom stereocenters. The number of carbonyl (C=O) groups excluding carboxylic acids is 2. The lowest BCUT2D eigenvalue weighted by Crippen LogP contribution is -2.28. The standard InChI is InChI=1S/C19H21NO6S/c1-3-24-19(23)26-17-11(2)20-13-10-25-18(22)16(13)15(17)12-6-4-5-7-14(12)27-9-8-21/h4-7,15,20-21H,3,8-10H2,1-2H3. The number of thioether (sulfide) groups is 1. The first-order valence-electron chi connectivity index (χ1n) is 8.62. The maximum absolute atomic E-state index is 12.4. The summed E-state index contributed by atoms with van der Waals surface area (Å²) < 4.78 is 15.6. The van der Waals surface area contributed by atoms with Crippen LogP contribution >= 0.6 is 11.8 Å². The first kappa shape index (κ1) is 19.3. The molecule has 2 aliphatic heterocycles. The Balaban J connectivity index is 2.07. The Hall–Kier alpha value is -2.45. The zero-order valence-corrected chi connectivity index (χ0v) is 15.9. The van der Waals surface area contributed by atoms with Crippen molar-refractivity contribution < 1.29 is 28.9 Å². The fourth-order valence-electron chi connectivity index (χ4n) is 3.12. The molecule has 0 radical (unpaired) electrons. The second kappa shape index (κ2) is 8.49. The molecule has 0 fully saturated rings. The molecule has 1 aromatic carbocycles. The van der Waals surface area contributed by atoms with Crippen LogP contribution in [-0.4, -0.2) is 42.8 Å². The SMILES string of the molecule is CCOC(=O)OC1=C(C)NC2=C(C(=O)OC2)C1c1ccccc1SCCO. The maximum Gasteiger partial charge on any atom is 0.513 e. The summed E-state index contributed by atoms with van der Waals surface area (Å²) >= 11 is 1.47. The molecule has 0 aromatic heterocycles. The number of ether oxygens (including phenoxy) is 3. The highest BCUT2D eigenvalue weighted by Crippen LogP contribution is 2.44. The molecule has 0 saturated carbocycles. The summed E-state index contributed by atoms with van der Waals surface area (Å²) in [6, 6.07) is 7.54. The molecule has 0 saturated heterocycles. The number of nitrogens with one attached hydrogen (secondary N) is 1. The van der Waals surface area contributed by atoms with Crippen LogP contribution in [0.15, 0.2) is 51.9 Å². The predicted octanol–water partition coefficient (Wildman–Crippen LogP) is 2.67. The van der Waals surface area contributed by atoms with E-state index in [4.69, 9.17) is 14.2 Å². The molecule has 144 valence electrons. The second-order valence-corrected chi connectivity index (χ2v) is 7.05. The summed E-state index contributed by atoms with van der Waals surface area (Å²) in [4.78, 5) is 25.3. The summed E-state index contributed by atoms with van der Waals surface area (Å²) in [5.74, 6) is -0.220. The van der Waals surface area contributed by atoms with Gasteiger partial charge in [0.05, 0.1) is 36.1 Å². The lowest BCUT2D eigenvalue weighted by molar-refractivity contribution is -0.136. The molecule has 7 nitrogen and oxygen atoms in total. The van der Waals surface area contributed by atoms with Crippen molar-refractivity contribution >= 4 is 23.9 Å². The summed E-state index contributed by atoms with van der Waals surface area (Å²) in [6.07, 6.45) is -0.824. The molecule has 1 aromatic rings. The van der Waals surface area contributed by atoms with Gasteiger partial charge in [0.2, 0.25) is 0 Å². The summed E-state index contributed by atoms with van der Waals surface area (Å²) in [5, 5.41) is 12.3. The van der Waals surface area contributed by atoms with Gasteiger partial charge in [0.15, 0.2) is 0 Å². The third-order valence-corrected chi connectivity index (χ3v) is 5.26. The van der Waals surface area contributed by atoms with Gasteiger partial charge in [0.1, 0.15) is 12.4 Å². The third-order valence-electron chi connectivity index (χ3n) is 4.19. The molecule has 8 heteroatoms. The quantitative estimate of drug-likeness (QED) is 0.565. The minimum absolute atomic E-state index is 0.0300. The number of hydrogen-bond acceptors (Lipinski definition) is 8. The summed E-state index contributed by atoms with van der Waals surface area (Å²) in [7, 11) is 0. The zero-order chi connectivity index (χ0) is 19.4. The Kier molecular flexibility index (Phi) is 6.08. The topological polar surface area (TPSA) is 94.1 Å². The van der Waals surface area contributed by atoms with Crippen LogP contribution in [0.1, 0.15) is 25.3 Å². The van der Waals surface area contributed by atoms with E-state index in [0.29, 0.717) is 28.5 Å². The second-order valence-electron chi connectivity index (χ2n) is 5.91. The third kappa shape index (κ3) is 3.96. The number of allylic oxidation sites excluding steroid dienone is 2. The van der Waals surface area contributed by atoms with Gasteiger partial charge in [-0.05, 0) is 25.5 Å². The van der Waals surface area contributed by atoms with Gasteiger partial charge >= 0.3 is 12.1 Å². The molecular weight excluding hydrogens is 370 g/mol. The number of aliphatic hydroxyl groups is 1. The van der Waals surface area contributed by atoms with Crippen molar-refractivity contribution in [2.24, 2.45) is 0 Å². The molecule has 27 heavy (non-hydrogen) atoms. The van der Waals surface area contributed by atoms with Crippen LogP contribution in [0.5, 0.6) is 0 Å². The molecule has 0 aliphatic carbocycles. The fourth-order valence-corrected chi connectivity index (χ4v) is 3.96. The van der Waals surface area contributed by atoms with Gasteiger partial charge in [-0.3, -0.25) is 0 Å². The van der Waals surface area contributed by atoms with Crippen LogP contribution in [0.2, 0.25) is 0 Å². The molecular formula is C19H21NO6S. The Labute approximate surface area is 161 Å². The minimum Gasteiger partial charge on any atom is -0.456 e. The molecule has 2 N–H and O–H groups in total. The van der Waals surface area contributed by atoms with Crippen LogP contribution < -0.4 is 5.32 Å². The number of benzene rings is 1. The van der Waals surface area contributed by atoms with Gasteiger partial charge in [0.25, 0.3) is 0 Å². The van der Waals surface area contributed by atoms with E-state index in [-0.39, 0.29) is 19.8 Å². The van der Waals surface area contributed by atoms with Gasteiger partial charge < -0.3 is 24.6 Å². The highest BCUT2D eigenvalue weighted by atomic mass is 32.2.